The number of hydrogen-bond donors (Lipinski definition) is 0. The molecule has 0 spiro atoms. The highest BCUT2D eigenvalue weighted by molar-refractivity contribution is 6.31. The number of hydrogen-bond acceptors (Lipinski definition) is 3. The second-order valence-corrected chi connectivity index (χ2v) is 4.14. The molecule has 0 aliphatic rings. The second-order valence-electron chi connectivity index (χ2n) is 3.71. The SMILES string of the molecule is CC.Cn1c(-c2ccccn2)nc2cc(Cl)cnc21. The number of aromatic nitrogens is 4. The Kier molecular flexibility index (Phi) is 4.12. The fourth-order valence-corrected chi connectivity index (χ4v) is 1.93. The smallest absolute Gasteiger partial charge is 0.160 e. The summed E-state index contributed by atoms with van der Waals surface area (Å²) in [5.41, 5.74) is 2.40. The van der Waals surface area contributed by atoms with Crippen LogP contribution in [0.1, 0.15) is 13.8 Å². The van der Waals surface area contributed by atoms with Gasteiger partial charge in [-0.2, -0.15) is 0 Å². The lowest BCUT2D eigenvalue weighted by Crippen LogP contribution is -1.94. The third kappa shape index (κ3) is 2.58. The fraction of sp³-hybridized carbons (Fsp3) is 0.214. The van der Waals surface area contributed by atoms with Gasteiger partial charge in [0, 0.05) is 19.4 Å². The van der Waals surface area contributed by atoms with E-state index in [-0.39, 0.29) is 0 Å². The van der Waals surface area contributed by atoms with Crippen LogP contribution in [-0.2, 0) is 7.05 Å². The summed E-state index contributed by atoms with van der Waals surface area (Å²) in [6.07, 6.45) is 3.36. The maximum atomic E-state index is 5.90. The summed E-state index contributed by atoms with van der Waals surface area (Å²) in [5.74, 6) is 0.787. The highest BCUT2D eigenvalue weighted by Crippen LogP contribution is 2.22. The molecular weight excluding hydrogens is 260 g/mol. The van der Waals surface area contributed by atoms with Gasteiger partial charge in [0.2, 0.25) is 0 Å². The third-order valence-corrected chi connectivity index (χ3v) is 2.78. The van der Waals surface area contributed by atoms with E-state index in [1.165, 1.54) is 0 Å². The summed E-state index contributed by atoms with van der Waals surface area (Å²) in [5, 5.41) is 0.586. The molecule has 0 aromatic carbocycles. The van der Waals surface area contributed by atoms with E-state index in [9.17, 15) is 0 Å². The lowest BCUT2D eigenvalue weighted by Gasteiger charge is -1.99. The summed E-state index contributed by atoms with van der Waals surface area (Å²) < 4.78 is 1.91. The van der Waals surface area contributed by atoms with Crippen molar-refractivity contribution in [2.24, 2.45) is 7.05 Å². The first-order chi connectivity index (χ1) is 9.25. The van der Waals surface area contributed by atoms with Crippen molar-refractivity contribution in [2.75, 3.05) is 0 Å². The summed E-state index contributed by atoms with van der Waals surface area (Å²) >= 11 is 5.90. The van der Waals surface area contributed by atoms with Gasteiger partial charge in [-0.05, 0) is 18.2 Å². The van der Waals surface area contributed by atoms with Gasteiger partial charge in [0.15, 0.2) is 11.5 Å². The average molecular weight is 275 g/mol. The Morgan fingerprint density at radius 2 is 1.95 bits per heavy atom. The van der Waals surface area contributed by atoms with Crippen molar-refractivity contribution in [3.63, 3.8) is 0 Å². The monoisotopic (exact) mass is 274 g/mol. The molecule has 5 heteroatoms. The number of fused-ring (bicyclic) bond motifs is 1. The molecule has 0 aliphatic carbocycles. The summed E-state index contributed by atoms with van der Waals surface area (Å²) in [7, 11) is 1.92. The Bertz CT molecular complexity index is 676. The van der Waals surface area contributed by atoms with Crippen LogP contribution < -0.4 is 0 Å². The first-order valence-corrected chi connectivity index (χ1v) is 6.53. The Balaban J connectivity index is 0.000000637. The van der Waals surface area contributed by atoms with Gasteiger partial charge in [-0.25, -0.2) is 9.97 Å². The van der Waals surface area contributed by atoms with E-state index in [2.05, 4.69) is 15.0 Å². The molecule has 4 nitrogen and oxygen atoms in total. The minimum absolute atomic E-state index is 0.586. The molecule has 0 saturated carbocycles. The van der Waals surface area contributed by atoms with Crippen LogP contribution in [0.5, 0.6) is 0 Å². The van der Waals surface area contributed by atoms with Crippen molar-refractivity contribution in [1.29, 1.82) is 0 Å². The molecule has 0 radical (unpaired) electrons. The first-order valence-electron chi connectivity index (χ1n) is 6.15. The average Bonchev–Trinajstić information content (AvgIpc) is 2.78. The molecule has 0 aliphatic heterocycles. The number of halogens is 1. The highest BCUT2D eigenvalue weighted by Gasteiger charge is 2.11. The largest absolute Gasteiger partial charge is 0.311 e. The predicted octanol–water partition coefficient (Wildman–Crippen LogP) is 3.71. The van der Waals surface area contributed by atoms with Crippen LogP contribution in [0, 0.1) is 0 Å². The van der Waals surface area contributed by atoms with Crippen LogP contribution in [0.25, 0.3) is 22.7 Å². The van der Waals surface area contributed by atoms with Crippen molar-refractivity contribution in [2.45, 2.75) is 13.8 Å². The van der Waals surface area contributed by atoms with Crippen LogP contribution in [0.2, 0.25) is 5.02 Å². The van der Waals surface area contributed by atoms with E-state index in [4.69, 9.17) is 11.6 Å². The van der Waals surface area contributed by atoms with Crippen LogP contribution in [0.3, 0.4) is 0 Å². The van der Waals surface area contributed by atoms with Crippen molar-refractivity contribution in [1.82, 2.24) is 19.5 Å². The molecule has 19 heavy (non-hydrogen) atoms. The first kappa shape index (κ1) is 13.5. The van der Waals surface area contributed by atoms with Crippen molar-refractivity contribution in [3.05, 3.63) is 41.7 Å². The normalized spacial score (nSPS) is 10.1. The minimum Gasteiger partial charge on any atom is -0.311 e. The zero-order chi connectivity index (χ0) is 13.8. The molecule has 0 saturated heterocycles. The van der Waals surface area contributed by atoms with Crippen LogP contribution in [0.4, 0.5) is 0 Å². The number of pyridine rings is 2. The Morgan fingerprint density at radius 1 is 1.16 bits per heavy atom. The third-order valence-electron chi connectivity index (χ3n) is 2.57. The quantitative estimate of drug-likeness (QED) is 0.679. The predicted molar refractivity (Wildman–Crippen MR) is 78.1 cm³/mol. The molecule has 3 aromatic rings. The van der Waals surface area contributed by atoms with Gasteiger partial charge in [-0.15, -0.1) is 0 Å². The maximum absolute atomic E-state index is 5.90. The van der Waals surface area contributed by atoms with Gasteiger partial charge in [0.1, 0.15) is 11.2 Å². The van der Waals surface area contributed by atoms with Crippen molar-refractivity contribution >= 4 is 22.8 Å². The van der Waals surface area contributed by atoms with Gasteiger partial charge < -0.3 is 4.57 Å². The lowest BCUT2D eigenvalue weighted by molar-refractivity contribution is 0.934. The molecule has 0 bridgehead atoms. The minimum atomic E-state index is 0.586. The molecule has 3 heterocycles. The second kappa shape index (κ2) is 5.80. The van der Waals surface area contributed by atoms with Gasteiger partial charge in [0.25, 0.3) is 0 Å². The summed E-state index contributed by atoms with van der Waals surface area (Å²) in [4.78, 5) is 13.0. The van der Waals surface area contributed by atoms with E-state index in [1.807, 2.05) is 43.7 Å². The molecule has 0 amide bonds. The van der Waals surface area contributed by atoms with Gasteiger partial charge in [-0.1, -0.05) is 31.5 Å². The number of imidazole rings is 1. The number of nitrogens with zero attached hydrogens (tertiary/aromatic N) is 4. The van der Waals surface area contributed by atoms with Crippen LogP contribution >= 0.6 is 11.6 Å². The molecule has 0 atom stereocenters. The molecule has 0 N–H and O–H groups in total. The van der Waals surface area contributed by atoms with E-state index in [0.717, 1.165) is 22.7 Å². The number of rotatable bonds is 1. The van der Waals surface area contributed by atoms with Gasteiger partial charge >= 0.3 is 0 Å². The van der Waals surface area contributed by atoms with E-state index >= 15 is 0 Å². The van der Waals surface area contributed by atoms with Gasteiger partial charge in [0.05, 0.1) is 5.02 Å². The molecule has 0 fully saturated rings. The molecule has 3 rings (SSSR count). The van der Waals surface area contributed by atoms with E-state index < -0.39 is 0 Å². The summed E-state index contributed by atoms with van der Waals surface area (Å²) in [6.45, 7) is 4.00. The Hall–Kier alpha value is -1.94. The fourth-order valence-electron chi connectivity index (χ4n) is 1.78. The molecule has 98 valence electrons. The topological polar surface area (TPSA) is 43.6 Å². The number of aryl methyl sites for hydroxylation is 1. The van der Waals surface area contributed by atoms with E-state index in [0.29, 0.717) is 5.02 Å². The molecular formula is C14H15ClN4. The lowest BCUT2D eigenvalue weighted by atomic mass is 10.3. The Morgan fingerprint density at radius 3 is 2.63 bits per heavy atom. The van der Waals surface area contributed by atoms with Crippen molar-refractivity contribution in [3.8, 4) is 11.5 Å². The Labute approximate surface area is 117 Å². The summed E-state index contributed by atoms with van der Waals surface area (Å²) in [6, 6.07) is 7.53. The molecule has 3 aromatic heterocycles. The van der Waals surface area contributed by atoms with Gasteiger partial charge in [-0.3, -0.25) is 4.98 Å². The van der Waals surface area contributed by atoms with Crippen molar-refractivity contribution < 1.29 is 0 Å². The standard InChI is InChI=1S/C12H9ClN4.C2H6/c1-17-11-10(6-8(13)7-15-11)16-12(17)9-4-2-3-5-14-9;1-2/h2-7H,1H3;1-2H3. The highest BCUT2D eigenvalue weighted by atomic mass is 35.5. The van der Waals surface area contributed by atoms with Crippen LogP contribution in [-0.4, -0.2) is 19.5 Å². The maximum Gasteiger partial charge on any atom is 0.160 e. The van der Waals surface area contributed by atoms with Crippen LogP contribution in [0.15, 0.2) is 36.7 Å². The zero-order valence-corrected chi connectivity index (χ0v) is 11.9. The molecule has 0 unspecified atom stereocenters. The zero-order valence-electron chi connectivity index (χ0n) is 11.1. The van der Waals surface area contributed by atoms with E-state index in [1.54, 1.807) is 18.5 Å².